The highest BCUT2D eigenvalue weighted by Gasteiger charge is 2.41. The van der Waals surface area contributed by atoms with E-state index in [-0.39, 0.29) is 0 Å². The van der Waals surface area contributed by atoms with Gasteiger partial charge >= 0.3 is 5.97 Å². The van der Waals surface area contributed by atoms with E-state index in [4.69, 9.17) is 9.47 Å². The van der Waals surface area contributed by atoms with Gasteiger partial charge in [0, 0.05) is 0 Å². The van der Waals surface area contributed by atoms with Crippen LogP contribution in [0.4, 0.5) is 0 Å². The molecular formula is C18H15NO5. The van der Waals surface area contributed by atoms with Crippen molar-refractivity contribution in [2.24, 2.45) is 0 Å². The third-order valence-electron chi connectivity index (χ3n) is 3.83. The lowest BCUT2D eigenvalue weighted by molar-refractivity contribution is -0.138. The molecule has 0 bridgehead atoms. The first-order valence-corrected chi connectivity index (χ1v) is 7.35. The zero-order valence-corrected chi connectivity index (χ0v) is 13.2. The van der Waals surface area contributed by atoms with Crippen molar-refractivity contribution in [1.82, 2.24) is 4.90 Å². The topological polar surface area (TPSA) is 72.9 Å². The van der Waals surface area contributed by atoms with Crippen LogP contribution in [0.2, 0.25) is 0 Å². The van der Waals surface area contributed by atoms with Gasteiger partial charge in [-0.2, -0.15) is 0 Å². The first-order valence-electron chi connectivity index (χ1n) is 7.35. The van der Waals surface area contributed by atoms with E-state index in [1.54, 1.807) is 48.5 Å². The van der Waals surface area contributed by atoms with Gasteiger partial charge < -0.3 is 9.47 Å². The quantitative estimate of drug-likeness (QED) is 0.490. The number of rotatable bonds is 4. The molecule has 0 saturated carbocycles. The molecule has 0 fully saturated rings. The molecule has 2 aromatic carbocycles. The highest BCUT2D eigenvalue weighted by atomic mass is 16.5. The van der Waals surface area contributed by atoms with Crippen LogP contribution >= 0.6 is 0 Å². The molecule has 0 unspecified atom stereocenters. The Bertz CT molecular complexity index is 777. The van der Waals surface area contributed by atoms with Gasteiger partial charge in [-0.15, -0.1) is 0 Å². The molecular weight excluding hydrogens is 310 g/mol. The van der Waals surface area contributed by atoms with Crippen molar-refractivity contribution in [2.45, 2.75) is 13.0 Å². The molecule has 0 saturated heterocycles. The molecule has 3 rings (SSSR count). The number of hydrogen-bond acceptors (Lipinski definition) is 5. The highest BCUT2D eigenvalue weighted by molar-refractivity contribution is 6.22. The number of benzene rings is 2. The second kappa shape index (κ2) is 6.16. The first kappa shape index (κ1) is 15.7. The molecule has 0 spiro atoms. The van der Waals surface area contributed by atoms with Gasteiger partial charge in [-0.1, -0.05) is 12.1 Å². The number of nitrogens with zero attached hydrogens (tertiary/aromatic N) is 1. The maximum absolute atomic E-state index is 12.4. The molecule has 1 atom stereocenters. The molecule has 1 aliphatic heterocycles. The zero-order chi connectivity index (χ0) is 17.3. The maximum Gasteiger partial charge on any atom is 0.334 e. The van der Waals surface area contributed by atoms with E-state index in [1.165, 1.54) is 14.0 Å². The summed E-state index contributed by atoms with van der Waals surface area (Å²) in [6.07, 6.45) is 0. The lowest BCUT2D eigenvalue weighted by Crippen LogP contribution is -2.44. The van der Waals surface area contributed by atoms with Gasteiger partial charge in [-0.3, -0.25) is 14.5 Å². The van der Waals surface area contributed by atoms with E-state index in [2.05, 4.69) is 0 Å². The zero-order valence-electron chi connectivity index (χ0n) is 13.2. The molecule has 24 heavy (non-hydrogen) atoms. The Hall–Kier alpha value is -3.15. The lowest BCUT2D eigenvalue weighted by Gasteiger charge is -2.20. The Kier molecular flexibility index (Phi) is 4.04. The number of carbonyl (C=O) groups is 3. The van der Waals surface area contributed by atoms with Gasteiger partial charge in [0.25, 0.3) is 11.8 Å². The summed E-state index contributed by atoms with van der Waals surface area (Å²) in [5, 5.41) is 0. The Morgan fingerprint density at radius 3 is 1.92 bits per heavy atom. The molecule has 0 radical (unpaired) electrons. The standard InChI is InChI=1S/C18H15NO5/c1-11(18(22)24-13-9-7-12(23-2)8-10-13)19-16(20)14-5-3-4-6-15(14)17(19)21/h3-11H,1-2H3/t11-/m1/s1. The fourth-order valence-corrected chi connectivity index (χ4v) is 2.51. The van der Waals surface area contributed by atoms with E-state index in [0.717, 1.165) is 4.90 Å². The van der Waals surface area contributed by atoms with Crippen LogP contribution in [0, 0.1) is 0 Å². The Balaban J connectivity index is 1.76. The summed E-state index contributed by atoms with van der Waals surface area (Å²) >= 11 is 0. The van der Waals surface area contributed by atoms with Crippen LogP contribution in [0.25, 0.3) is 0 Å². The minimum Gasteiger partial charge on any atom is -0.497 e. The fraction of sp³-hybridized carbons (Fsp3) is 0.167. The average Bonchev–Trinajstić information content (AvgIpc) is 2.86. The predicted octanol–water partition coefficient (Wildman–Crippen LogP) is 2.29. The molecule has 1 heterocycles. The van der Waals surface area contributed by atoms with E-state index >= 15 is 0 Å². The third-order valence-corrected chi connectivity index (χ3v) is 3.83. The van der Waals surface area contributed by atoms with E-state index in [9.17, 15) is 14.4 Å². The van der Waals surface area contributed by atoms with Crippen molar-refractivity contribution in [3.8, 4) is 11.5 Å². The van der Waals surface area contributed by atoms with Crippen LogP contribution in [0.3, 0.4) is 0 Å². The van der Waals surface area contributed by atoms with Gasteiger partial charge in [0.1, 0.15) is 17.5 Å². The predicted molar refractivity (Wildman–Crippen MR) is 85.0 cm³/mol. The summed E-state index contributed by atoms with van der Waals surface area (Å²) < 4.78 is 10.3. The number of esters is 1. The molecule has 1 aliphatic rings. The van der Waals surface area contributed by atoms with Crippen LogP contribution < -0.4 is 9.47 Å². The normalized spacial score (nSPS) is 14.3. The van der Waals surface area contributed by atoms with Crippen LogP contribution in [-0.2, 0) is 4.79 Å². The maximum atomic E-state index is 12.4. The summed E-state index contributed by atoms with van der Waals surface area (Å²) in [4.78, 5) is 38.0. The van der Waals surface area contributed by atoms with E-state index in [1.807, 2.05) is 0 Å². The number of amides is 2. The molecule has 2 aromatic rings. The van der Waals surface area contributed by atoms with E-state index < -0.39 is 23.8 Å². The Labute approximate surface area is 138 Å². The first-order chi connectivity index (χ1) is 11.5. The highest BCUT2D eigenvalue weighted by Crippen LogP contribution is 2.25. The smallest absolute Gasteiger partial charge is 0.334 e. The minimum absolute atomic E-state index is 0.298. The molecule has 122 valence electrons. The van der Waals surface area contributed by atoms with Gasteiger partial charge in [0.2, 0.25) is 0 Å². The summed E-state index contributed by atoms with van der Waals surface area (Å²) in [5.74, 6) is -0.730. The van der Waals surface area contributed by atoms with Crippen molar-refractivity contribution in [3.63, 3.8) is 0 Å². The summed E-state index contributed by atoms with van der Waals surface area (Å²) in [7, 11) is 1.53. The lowest BCUT2D eigenvalue weighted by atomic mass is 10.1. The fourth-order valence-electron chi connectivity index (χ4n) is 2.51. The van der Waals surface area contributed by atoms with E-state index in [0.29, 0.717) is 22.6 Å². The molecule has 0 aliphatic carbocycles. The van der Waals surface area contributed by atoms with Crippen LogP contribution in [0.15, 0.2) is 48.5 Å². The largest absolute Gasteiger partial charge is 0.497 e. The Morgan fingerprint density at radius 2 is 1.42 bits per heavy atom. The monoisotopic (exact) mass is 325 g/mol. The van der Waals surface area contributed by atoms with Crippen LogP contribution in [-0.4, -0.2) is 35.8 Å². The van der Waals surface area contributed by atoms with Gasteiger partial charge in [-0.05, 0) is 43.3 Å². The number of imide groups is 1. The van der Waals surface area contributed by atoms with Crippen LogP contribution in [0.5, 0.6) is 11.5 Å². The third kappa shape index (κ3) is 2.62. The number of hydrogen-bond donors (Lipinski definition) is 0. The number of ether oxygens (including phenoxy) is 2. The minimum atomic E-state index is -1.03. The SMILES string of the molecule is COc1ccc(OC(=O)[C@@H](C)N2C(=O)c3ccccc3C2=O)cc1. The molecule has 0 aromatic heterocycles. The second-order valence-corrected chi connectivity index (χ2v) is 5.30. The summed E-state index contributed by atoms with van der Waals surface area (Å²) in [6.45, 7) is 1.47. The van der Waals surface area contributed by atoms with Crippen molar-refractivity contribution < 1.29 is 23.9 Å². The van der Waals surface area contributed by atoms with Crippen molar-refractivity contribution in [3.05, 3.63) is 59.7 Å². The molecule has 0 N–H and O–H groups in total. The summed E-state index contributed by atoms with van der Waals surface area (Å²) in [6, 6.07) is 11.9. The summed E-state index contributed by atoms with van der Waals surface area (Å²) in [5.41, 5.74) is 0.596. The molecule has 2 amide bonds. The van der Waals surface area contributed by atoms with Gasteiger partial charge in [0.05, 0.1) is 18.2 Å². The van der Waals surface area contributed by atoms with Gasteiger partial charge in [-0.25, -0.2) is 4.79 Å². The molecule has 6 heteroatoms. The Morgan fingerprint density at radius 1 is 0.917 bits per heavy atom. The number of fused-ring (bicyclic) bond motifs is 1. The van der Waals surface area contributed by atoms with Crippen molar-refractivity contribution in [1.29, 1.82) is 0 Å². The second-order valence-electron chi connectivity index (χ2n) is 5.30. The number of methoxy groups -OCH3 is 1. The number of carbonyl (C=O) groups excluding carboxylic acids is 3. The van der Waals surface area contributed by atoms with Crippen molar-refractivity contribution >= 4 is 17.8 Å². The van der Waals surface area contributed by atoms with Crippen molar-refractivity contribution in [2.75, 3.05) is 7.11 Å². The average molecular weight is 325 g/mol. The van der Waals surface area contributed by atoms with Crippen LogP contribution in [0.1, 0.15) is 27.6 Å². The molecule has 6 nitrogen and oxygen atoms in total. The van der Waals surface area contributed by atoms with Gasteiger partial charge in [0.15, 0.2) is 0 Å².